The van der Waals surface area contributed by atoms with Crippen molar-refractivity contribution in [3.63, 3.8) is 0 Å². The average molecular weight is 453 g/mol. The summed E-state index contributed by atoms with van der Waals surface area (Å²) in [5.41, 5.74) is 7.94. The third-order valence-electron chi connectivity index (χ3n) is 5.53. The van der Waals surface area contributed by atoms with Crippen LogP contribution in [0.5, 0.6) is 0 Å². The number of anilines is 3. The SMILES string of the molecule is CNc1nc(-c2ccc3c(N)n[nH]c3c2)cc(N2CC(C)CC(NC(=O)OC(C)(C)C)C2)n1. The fourth-order valence-electron chi connectivity index (χ4n) is 4.17. The van der Waals surface area contributed by atoms with Gasteiger partial charge in [-0.2, -0.15) is 10.1 Å². The molecule has 2 unspecified atom stereocenters. The zero-order valence-corrected chi connectivity index (χ0v) is 19.8. The molecular weight excluding hydrogens is 420 g/mol. The van der Waals surface area contributed by atoms with Crippen molar-refractivity contribution in [3.8, 4) is 11.3 Å². The lowest BCUT2D eigenvalue weighted by atomic mass is 9.96. The zero-order valence-electron chi connectivity index (χ0n) is 19.8. The van der Waals surface area contributed by atoms with Gasteiger partial charge in [-0.3, -0.25) is 5.10 Å². The molecule has 2 atom stereocenters. The van der Waals surface area contributed by atoms with Gasteiger partial charge < -0.3 is 26.0 Å². The molecule has 1 saturated heterocycles. The molecule has 3 heterocycles. The Bertz CT molecular complexity index is 1150. The van der Waals surface area contributed by atoms with Crippen LogP contribution in [0.4, 0.5) is 22.4 Å². The van der Waals surface area contributed by atoms with E-state index in [2.05, 4.69) is 37.6 Å². The van der Waals surface area contributed by atoms with E-state index in [0.29, 0.717) is 24.2 Å². The van der Waals surface area contributed by atoms with E-state index in [9.17, 15) is 4.79 Å². The van der Waals surface area contributed by atoms with E-state index in [0.717, 1.165) is 40.9 Å². The highest BCUT2D eigenvalue weighted by Gasteiger charge is 2.29. The molecule has 1 amide bonds. The number of fused-ring (bicyclic) bond motifs is 1. The van der Waals surface area contributed by atoms with Crippen molar-refractivity contribution < 1.29 is 9.53 Å². The van der Waals surface area contributed by atoms with Gasteiger partial charge in [-0.25, -0.2) is 9.78 Å². The third kappa shape index (κ3) is 5.27. The van der Waals surface area contributed by atoms with Crippen LogP contribution in [0, 0.1) is 5.92 Å². The standard InChI is InChI=1S/C23H32N8O2/c1-13-8-15(26-22(32)33-23(2,3)4)12-31(11-13)19-10-17(27-21(25-5)28-19)14-6-7-16-18(9-14)29-30-20(16)24/h6-7,9-10,13,15H,8,11-12H2,1-5H3,(H,26,32)(H3,24,29,30)(H,25,27,28). The van der Waals surface area contributed by atoms with Crippen LogP contribution in [-0.4, -0.2) is 58.0 Å². The molecule has 4 rings (SSSR count). The smallest absolute Gasteiger partial charge is 0.407 e. The molecule has 2 aromatic heterocycles. The molecule has 1 fully saturated rings. The summed E-state index contributed by atoms with van der Waals surface area (Å²) in [6.45, 7) is 9.23. The molecule has 10 nitrogen and oxygen atoms in total. The first-order chi connectivity index (χ1) is 15.6. The van der Waals surface area contributed by atoms with Gasteiger partial charge in [0.05, 0.1) is 17.3 Å². The summed E-state index contributed by atoms with van der Waals surface area (Å²) in [5.74, 6) is 2.18. The van der Waals surface area contributed by atoms with Crippen LogP contribution in [-0.2, 0) is 4.74 Å². The molecule has 1 aromatic carbocycles. The number of nitrogens with two attached hydrogens (primary N) is 1. The Balaban J connectivity index is 1.60. The van der Waals surface area contributed by atoms with Gasteiger partial charge in [0.2, 0.25) is 5.95 Å². The largest absolute Gasteiger partial charge is 0.444 e. The minimum atomic E-state index is -0.534. The Labute approximate surface area is 193 Å². The Morgan fingerprint density at radius 2 is 2.03 bits per heavy atom. The Hall–Kier alpha value is -3.56. The van der Waals surface area contributed by atoms with Crippen LogP contribution in [0.1, 0.15) is 34.1 Å². The van der Waals surface area contributed by atoms with Gasteiger partial charge in [-0.1, -0.05) is 13.0 Å². The van der Waals surface area contributed by atoms with Crippen LogP contribution < -0.4 is 21.3 Å². The van der Waals surface area contributed by atoms with E-state index >= 15 is 0 Å². The van der Waals surface area contributed by atoms with E-state index in [1.54, 1.807) is 7.05 Å². The van der Waals surface area contributed by atoms with E-state index in [1.807, 2.05) is 45.0 Å². The number of aromatic nitrogens is 4. The number of piperidine rings is 1. The fraction of sp³-hybridized carbons (Fsp3) is 0.478. The number of rotatable bonds is 4. The maximum atomic E-state index is 12.3. The lowest BCUT2D eigenvalue weighted by Crippen LogP contribution is -2.51. The zero-order chi connectivity index (χ0) is 23.8. The number of amides is 1. The molecule has 1 aliphatic rings. The number of benzene rings is 1. The minimum absolute atomic E-state index is 0.0376. The van der Waals surface area contributed by atoms with E-state index in [4.69, 9.17) is 15.5 Å². The molecule has 176 valence electrons. The van der Waals surface area contributed by atoms with Crippen molar-refractivity contribution in [2.75, 3.05) is 36.1 Å². The van der Waals surface area contributed by atoms with Crippen molar-refractivity contribution in [2.45, 2.75) is 45.8 Å². The topological polar surface area (TPSA) is 134 Å². The van der Waals surface area contributed by atoms with E-state index < -0.39 is 11.7 Å². The fourth-order valence-corrected chi connectivity index (χ4v) is 4.17. The van der Waals surface area contributed by atoms with Gasteiger partial charge in [-0.05, 0) is 45.2 Å². The number of nitrogens with zero attached hydrogens (tertiary/aromatic N) is 4. The van der Waals surface area contributed by atoms with Crippen molar-refractivity contribution in [2.24, 2.45) is 5.92 Å². The van der Waals surface area contributed by atoms with Gasteiger partial charge in [-0.15, -0.1) is 0 Å². The van der Waals surface area contributed by atoms with Crippen molar-refractivity contribution in [3.05, 3.63) is 24.3 Å². The molecule has 1 aliphatic heterocycles. The van der Waals surface area contributed by atoms with Gasteiger partial charge >= 0.3 is 6.09 Å². The molecule has 0 spiro atoms. The van der Waals surface area contributed by atoms with Crippen LogP contribution >= 0.6 is 0 Å². The predicted octanol–water partition coefficient (Wildman–Crippen LogP) is 3.38. The first-order valence-corrected chi connectivity index (χ1v) is 11.2. The molecule has 5 N–H and O–H groups in total. The molecule has 0 saturated carbocycles. The van der Waals surface area contributed by atoms with Crippen LogP contribution in [0.15, 0.2) is 24.3 Å². The van der Waals surface area contributed by atoms with Crippen LogP contribution in [0.3, 0.4) is 0 Å². The van der Waals surface area contributed by atoms with Gasteiger partial charge in [0, 0.05) is 37.2 Å². The Morgan fingerprint density at radius 3 is 2.76 bits per heavy atom. The number of H-pyrrole nitrogens is 1. The second-order valence-corrected chi connectivity index (χ2v) is 9.64. The summed E-state index contributed by atoms with van der Waals surface area (Å²) in [6, 6.07) is 7.84. The lowest BCUT2D eigenvalue weighted by molar-refractivity contribution is 0.0495. The number of nitrogen functional groups attached to an aromatic ring is 1. The summed E-state index contributed by atoms with van der Waals surface area (Å²) in [5, 5.41) is 14.0. The van der Waals surface area contributed by atoms with Gasteiger partial charge in [0.25, 0.3) is 0 Å². The van der Waals surface area contributed by atoms with Crippen molar-refractivity contribution in [1.29, 1.82) is 0 Å². The quantitative estimate of drug-likeness (QED) is 0.473. The summed E-state index contributed by atoms with van der Waals surface area (Å²) in [4.78, 5) is 23.9. The highest BCUT2D eigenvalue weighted by molar-refractivity contribution is 5.91. The number of nitrogens with one attached hydrogen (secondary N) is 3. The first kappa shape index (κ1) is 22.6. The molecule has 3 aromatic rings. The normalized spacial score (nSPS) is 18.9. The maximum absolute atomic E-state index is 12.3. The third-order valence-corrected chi connectivity index (χ3v) is 5.53. The Kier molecular flexibility index (Phi) is 6.01. The number of carbonyl (C=O) groups excluding carboxylic acids is 1. The number of ether oxygens (including phenoxy) is 1. The van der Waals surface area contributed by atoms with Crippen molar-refractivity contribution in [1.82, 2.24) is 25.5 Å². The van der Waals surface area contributed by atoms with Crippen molar-refractivity contribution >= 4 is 34.6 Å². The average Bonchev–Trinajstić information content (AvgIpc) is 3.11. The molecule has 0 bridgehead atoms. The second kappa shape index (κ2) is 8.76. The number of carbonyl (C=O) groups is 1. The number of hydrogen-bond acceptors (Lipinski definition) is 8. The highest BCUT2D eigenvalue weighted by Crippen LogP contribution is 2.29. The first-order valence-electron chi connectivity index (χ1n) is 11.2. The minimum Gasteiger partial charge on any atom is -0.444 e. The lowest BCUT2D eigenvalue weighted by Gasteiger charge is -2.37. The van der Waals surface area contributed by atoms with Crippen LogP contribution in [0.2, 0.25) is 0 Å². The number of alkyl carbamates (subject to hydrolysis) is 1. The molecule has 10 heteroatoms. The van der Waals surface area contributed by atoms with Gasteiger partial charge in [0.15, 0.2) is 5.82 Å². The summed E-state index contributed by atoms with van der Waals surface area (Å²) >= 11 is 0. The van der Waals surface area contributed by atoms with E-state index in [1.165, 1.54) is 0 Å². The molecule has 0 radical (unpaired) electrons. The summed E-state index contributed by atoms with van der Waals surface area (Å²) < 4.78 is 5.45. The summed E-state index contributed by atoms with van der Waals surface area (Å²) in [6.07, 6.45) is 0.484. The van der Waals surface area contributed by atoms with Crippen LogP contribution in [0.25, 0.3) is 22.2 Å². The Morgan fingerprint density at radius 1 is 1.24 bits per heavy atom. The number of hydrogen-bond donors (Lipinski definition) is 4. The highest BCUT2D eigenvalue weighted by atomic mass is 16.6. The monoisotopic (exact) mass is 452 g/mol. The predicted molar refractivity (Wildman–Crippen MR) is 130 cm³/mol. The second-order valence-electron chi connectivity index (χ2n) is 9.64. The molecular formula is C23H32N8O2. The maximum Gasteiger partial charge on any atom is 0.407 e. The summed E-state index contributed by atoms with van der Waals surface area (Å²) in [7, 11) is 1.80. The van der Waals surface area contributed by atoms with E-state index in [-0.39, 0.29) is 6.04 Å². The molecule has 0 aliphatic carbocycles. The molecule has 33 heavy (non-hydrogen) atoms. The van der Waals surface area contributed by atoms with Gasteiger partial charge in [0.1, 0.15) is 11.4 Å². The number of aromatic amines is 1.